The molecule has 0 spiro atoms. The van der Waals surface area contributed by atoms with Crippen LogP contribution < -0.4 is 25.0 Å². The lowest BCUT2D eigenvalue weighted by Crippen LogP contribution is -2.44. The molecule has 0 atom stereocenters. The molecule has 1 aromatic heterocycles. The van der Waals surface area contributed by atoms with Gasteiger partial charge in [-0.15, -0.1) is 24.0 Å². The molecule has 1 fully saturated rings. The number of hydrogen-bond acceptors (Lipinski definition) is 6. The van der Waals surface area contributed by atoms with Gasteiger partial charge in [-0.2, -0.15) is 0 Å². The fourth-order valence-corrected chi connectivity index (χ4v) is 3.64. The van der Waals surface area contributed by atoms with E-state index in [2.05, 4.69) is 51.5 Å². The summed E-state index contributed by atoms with van der Waals surface area (Å²) < 4.78 is 10.7. The third kappa shape index (κ3) is 8.22. The molecule has 3 rings (SSSR count). The number of aliphatic imine (C=N–C) groups is 1. The number of guanidine groups is 1. The zero-order chi connectivity index (χ0) is 22.8. The Labute approximate surface area is 214 Å². The average molecular weight is 569 g/mol. The standard InChI is InChI=1S/C24H36N6O2.HI/c1-5-25-24(27-11-8-19-6-7-21(31-3)22(16-19)32-4)28-18-20-9-10-26-23(17-20)30-14-12-29(2)13-15-30;/h6-7,9-10,16-17H,5,8,11-15,18H2,1-4H3,(H2,25,27,28);1H. The van der Waals surface area contributed by atoms with Gasteiger partial charge in [0, 0.05) is 45.5 Å². The van der Waals surface area contributed by atoms with Crippen LogP contribution in [-0.2, 0) is 13.0 Å². The third-order valence-corrected chi connectivity index (χ3v) is 5.56. The number of benzene rings is 1. The summed E-state index contributed by atoms with van der Waals surface area (Å²) in [5.41, 5.74) is 2.34. The van der Waals surface area contributed by atoms with Crippen LogP contribution in [0, 0.1) is 0 Å². The maximum Gasteiger partial charge on any atom is 0.191 e. The molecule has 0 radical (unpaired) electrons. The number of methoxy groups -OCH3 is 2. The normalized spacial score (nSPS) is 14.4. The number of ether oxygens (including phenoxy) is 2. The molecule has 8 nitrogen and oxygen atoms in total. The second kappa shape index (κ2) is 14.1. The number of likely N-dealkylation sites (N-methyl/N-ethyl adjacent to an activating group) is 1. The number of anilines is 1. The molecule has 182 valence electrons. The number of halogens is 1. The first-order chi connectivity index (χ1) is 15.6. The van der Waals surface area contributed by atoms with Crippen LogP contribution >= 0.6 is 24.0 Å². The van der Waals surface area contributed by atoms with E-state index in [1.54, 1.807) is 14.2 Å². The fraction of sp³-hybridized carbons (Fsp3) is 0.500. The highest BCUT2D eigenvalue weighted by Gasteiger charge is 2.15. The van der Waals surface area contributed by atoms with Crippen molar-refractivity contribution in [3.05, 3.63) is 47.7 Å². The van der Waals surface area contributed by atoms with E-state index in [-0.39, 0.29) is 24.0 Å². The van der Waals surface area contributed by atoms with Crippen LogP contribution in [0.4, 0.5) is 5.82 Å². The summed E-state index contributed by atoms with van der Waals surface area (Å²) in [7, 11) is 5.47. The van der Waals surface area contributed by atoms with Gasteiger partial charge >= 0.3 is 0 Å². The summed E-state index contributed by atoms with van der Waals surface area (Å²) in [5, 5.41) is 6.75. The molecule has 2 heterocycles. The number of nitrogens with zero attached hydrogens (tertiary/aromatic N) is 4. The second-order valence-electron chi connectivity index (χ2n) is 7.87. The largest absolute Gasteiger partial charge is 0.493 e. The fourth-order valence-electron chi connectivity index (χ4n) is 3.64. The molecule has 1 aliphatic rings. The van der Waals surface area contributed by atoms with Gasteiger partial charge in [-0.3, -0.25) is 0 Å². The highest BCUT2D eigenvalue weighted by atomic mass is 127. The summed E-state index contributed by atoms with van der Waals surface area (Å²) in [6, 6.07) is 10.2. The first kappa shape index (κ1) is 27.0. The van der Waals surface area contributed by atoms with Gasteiger partial charge in [0.1, 0.15) is 5.82 Å². The Balaban J connectivity index is 0.00000385. The molecule has 9 heteroatoms. The maximum absolute atomic E-state index is 5.40. The van der Waals surface area contributed by atoms with E-state index in [9.17, 15) is 0 Å². The van der Waals surface area contributed by atoms with Gasteiger partial charge in [-0.05, 0) is 55.8 Å². The molecule has 33 heavy (non-hydrogen) atoms. The van der Waals surface area contributed by atoms with Gasteiger partial charge in [0.25, 0.3) is 0 Å². The predicted molar refractivity (Wildman–Crippen MR) is 145 cm³/mol. The minimum Gasteiger partial charge on any atom is -0.493 e. The predicted octanol–water partition coefficient (Wildman–Crippen LogP) is 2.77. The van der Waals surface area contributed by atoms with Gasteiger partial charge in [-0.1, -0.05) is 6.07 Å². The molecule has 1 aromatic carbocycles. The van der Waals surface area contributed by atoms with Gasteiger partial charge in [0.2, 0.25) is 0 Å². The van der Waals surface area contributed by atoms with E-state index in [4.69, 9.17) is 14.5 Å². The molecule has 0 amide bonds. The quantitative estimate of drug-likeness (QED) is 0.274. The van der Waals surface area contributed by atoms with Crippen LogP contribution in [0.1, 0.15) is 18.1 Å². The van der Waals surface area contributed by atoms with Crippen molar-refractivity contribution in [1.29, 1.82) is 0 Å². The summed E-state index contributed by atoms with van der Waals surface area (Å²) in [6.45, 7) is 8.41. The van der Waals surface area contributed by atoms with E-state index in [1.165, 1.54) is 5.56 Å². The molecule has 0 unspecified atom stereocenters. The lowest BCUT2D eigenvalue weighted by Gasteiger charge is -2.33. The van der Waals surface area contributed by atoms with E-state index < -0.39 is 0 Å². The van der Waals surface area contributed by atoms with Crippen molar-refractivity contribution >= 4 is 35.8 Å². The van der Waals surface area contributed by atoms with Crippen LogP contribution in [0.15, 0.2) is 41.5 Å². The molecule has 0 bridgehead atoms. The van der Waals surface area contributed by atoms with Crippen molar-refractivity contribution in [3.63, 3.8) is 0 Å². The first-order valence-corrected chi connectivity index (χ1v) is 11.2. The molecular formula is C24H37IN6O2. The third-order valence-electron chi connectivity index (χ3n) is 5.56. The zero-order valence-corrected chi connectivity index (χ0v) is 22.5. The number of rotatable bonds is 9. The molecule has 1 aliphatic heterocycles. The van der Waals surface area contributed by atoms with Crippen LogP contribution in [0.25, 0.3) is 0 Å². The van der Waals surface area contributed by atoms with E-state index in [0.29, 0.717) is 6.54 Å². The first-order valence-electron chi connectivity index (χ1n) is 11.2. The van der Waals surface area contributed by atoms with Crippen LogP contribution in [-0.4, -0.2) is 76.4 Å². The van der Waals surface area contributed by atoms with Crippen LogP contribution in [0.5, 0.6) is 11.5 Å². The molecule has 0 aliphatic carbocycles. The minimum absolute atomic E-state index is 0. The summed E-state index contributed by atoms with van der Waals surface area (Å²) in [4.78, 5) is 14.0. The summed E-state index contributed by atoms with van der Waals surface area (Å²) in [5.74, 6) is 3.34. The van der Waals surface area contributed by atoms with Gasteiger partial charge in [0.15, 0.2) is 17.5 Å². The highest BCUT2D eigenvalue weighted by Crippen LogP contribution is 2.27. The summed E-state index contributed by atoms with van der Waals surface area (Å²) in [6.07, 6.45) is 2.74. The Morgan fingerprint density at radius 1 is 1.00 bits per heavy atom. The van der Waals surface area contributed by atoms with Crippen molar-refractivity contribution in [2.45, 2.75) is 19.9 Å². The number of pyridine rings is 1. The Morgan fingerprint density at radius 3 is 2.45 bits per heavy atom. The number of nitrogens with one attached hydrogen (secondary N) is 2. The average Bonchev–Trinajstić information content (AvgIpc) is 2.83. The molecule has 0 saturated carbocycles. The molecular weight excluding hydrogens is 531 g/mol. The van der Waals surface area contributed by atoms with Crippen LogP contribution in [0.2, 0.25) is 0 Å². The lowest BCUT2D eigenvalue weighted by atomic mass is 10.1. The highest BCUT2D eigenvalue weighted by molar-refractivity contribution is 14.0. The number of aromatic nitrogens is 1. The maximum atomic E-state index is 5.40. The second-order valence-corrected chi connectivity index (χ2v) is 7.87. The monoisotopic (exact) mass is 568 g/mol. The van der Waals surface area contributed by atoms with Crippen molar-refractivity contribution in [3.8, 4) is 11.5 Å². The van der Waals surface area contributed by atoms with Gasteiger partial charge in [-0.25, -0.2) is 9.98 Å². The zero-order valence-electron chi connectivity index (χ0n) is 20.1. The lowest BCUT2D eigenvalue weighted by molar-refractivity contribution is 0.312. The summed E-state index contributed by atoms with van der Waals surface area (Å²) >= 11 is 0. The Morgan fingerprint density at radius 2 is 1.76 bits per heavy atom. The smallest absolute Gasteiger partial charge is 0.191 e. The SMILES string of the molecule is CCNC(=NCc1ccnc(N2CCN(C)CC2)c1)NCCc1ccc(OC)c(OC)c1.I. The minimum atomic E-state index is 0. The van der Waals surface area contributed by atoms with Crippen molar-refractivity contribution in [2.75, 3.05) is 65.4 Å². The van der Waals surface area contributed by atoms with Crippen molar-refractivity contribution < 1.29 is 9.47 Å². The number of piperazine rings is 1. The number of hydrogen-bond donors (Lipinski definition) is 2. The van der Waals surface area contributed by atoms with Crippen LogP contribution in [0.3, 0.4) is 0 Å². The van der Waals surface area contributed by atoms with Gasteiger partial charge in [0.05, 0.1) is 20.8 Å². The molecule has 2 N–H and O–H groups in total. The Bertz CT molecular complexity index is 887. The van der Waals surface area contributed by atoms with Crippen molar-refractivity contribution in [2.24, 2.45) is 4.99 Å². The molecule has 2 aromatic rings. The van der Waals surface area contributed by atoms with E-state index in [0.717, 1.165) is 74.5 Å². The Kier molecular flexibility index (Phi) is 11.5. The van der Waals surface area contributed by atoms with Crippen molar-refractivity contribution in [1.82, 2.24) is 20.5 Å². The molecule has 1 saturated heterocycles. The Hall–Kier alpha value is -2.27. The van der Waals surface area contributed by atoms with E-state index >= 15 is 0 Å². The van der Waals surface area contributed by atoms with Gasteiger partial charge < -0.3 is 29.9 Å². The van der Waals surface area contributed by atoms with E-state index in [1.807, 2.05) is 24.4 Å². The topological polar surface area (TPSA) is 74.3 Å².